The lowest BCUT2D eigenvalue weighted by Crippen LogP contribution is -2.40. The van der Waals surface area contributed by atoms with Gasteiger partial charge in [0.1, 0.15) is 0 Å². The van der Waals surface area contributed by atoms with Crippen molar-refractivity contribution < 1.29 is 14.3 Å². The topological polar surface area (TPSA) is 83.0 Å². The number of benzene rings is 1. The molecule has 1 aromatic rings. The molecule has 1 amide bonds. The van der Waals surface area contributed by atoms with Crippen molar-refractivity contribution in [2.24, 2.45) is 16.8 Å². The number of hydrogen-bond acceptors (Lipinski definition) is 4. The quantitative estimate of drug-likeness (QED) is 0.380. The number of hydrogen-bond donors (Lipinski definition) is 2. The maximum absolute atomic E-state index is 12.3. The van der Waals surface area contributed by atoms with E-state index in [4.69, 9.17) is 4.74 Å². The molecule has 1 heterocycles. The second kappa shape index (κ2) is 11.3. The summed E-state index contributed by atoms with van der Waals surface area (Å²) < 4.78 is 4.73. The van der Waals surface area contributed by atoms with Crippen LogP contribution in [0.1, 0.15) is 25.8 Å². The maximum Gasteiger partial charge on any atom is 0.310 e. The highest BCUT2D eigenvalue weighted by Gasteiger charge is 2.29. The number of carbonyl (C=O) groups is 2. The van der Waals surface area contributed by atoms with Crippen LogP contribution in [0.3, 0.4) is 0 Å². The van der Waals surface area contributed by atoms with Crippen LogP contribution in [0.2, 0.25) is 0 Å². The lowest BCUT2D eigenvalue weighted by Gasteiger charge is -2.18. The summed E-state index contributed by atoms with van der Waals surface area (Å²) in [7, 11) is 1.38. The fraction of sp³-hybridized carbons (Fsp3) is 0.571. The minimum atomic E-state index is -0.290. The van der Waals surface area contributed by atoms with E-state index < -0.39 is 0 Å². The number of guanidine groups is 1. The van der Waals surface area contributed by atoms with E-state index in [2.05, 4.69) is 27.8 Å². The van der Waals surface area contributed by atoms with Gasteiger partial charge in [-0.15, -0.1) is 0 Å². The predicted octanol–water partition coefficient (Wildman–Crippen LogP) is 1.44. The SMILES string of the molecule is CCNC(=NCC(C)C(=O)OC)NCC1CC(=O)N(CCc2ccccc2)C1. The van der Waals surface area contributed by atoms with Crippen molar-refractivity contribution in [2.75, 3.05) is 39.8 Å². The predicted molar refractivity (Wildman–Crippen MR) is 110 cm³/mol. The molecule has 1 aromatic carbocycles. The van der Waals surface area contributed by atoms with Gasteiger partial charge in [-0.3, -0.25) is 14.6 Å². The van der Waals surface area contributed by atoms with Crippen molar-refractivity contribution in [3.05, 3.63) is 35.9 Å². The van der Waals surface area contributed by atoms with Crippen LogP contribution in [0.15, 0.2) is 35.3 Å². The van der Waals surface area contributed by atoms with E-state index in [0.29, 0.717) is 25.5 Å². The van der Waals surface area contributed by atoms with Crippen LogP contribution in [-0.2, 0) is 20.7 Å². The molecule has 7 heteroatoms. The largest absolute Gasteiger partial charge is 0.469 e. The summed E-state index contributed by atoms with van der Waals surface area (Å²) in [6, 6.07) is 10.2. The number of likely N-dealkylation sites (tertiary alicyclic amines) is 1. The van der Waals surface area contributed by atoms with E-state index in [0.717, 1.165) is 26.1 Å². The molecule has 0 saturated carbocycles. The van der Waals surface area contributed by atoms with Gasteiger partial charge in [0.2, 0.25) is 5.91 Å². The third kappa shape index (κ3) is 6.87. The zero-order chi connectivity index (χ0) is 20.4. The van der Waals surface area contributed by atoms with Gasteiger partial charge in [-0.25, -0.2) is 0 Å². The zero-order valence-electron chi connectivity index (χ0n) is 17.1. The first-order valence-electron chi connectivity index (χ1n) is 9.95. The normalized spacial score (nSPS) is 18.1. The molecule has 1 aliphatic heterocycles. The molecule has 0 spiro atoms. The molecule has 2 unspecified atom stereocenters. The van der Waals surface area contributed by atoms with Crippen LogP contribution in [0.5, 0.6) is 0 Å². The number of ether oxygens (including phenoxy) is 1. The van der Waals surface area contributed by atoms with Gasteiger partial charge in [0.25, 0.3) is 0 Å². The number of amides is 1. The van der Waals surface area contributed by atoms with Crippen molar-refractivity contribution in [3.8, 4) is 0 Å². The molecule has 2 rings (SSSR count). The Hall–Kier alpha value is -2.57. The number of carbonyl (C=O) groups excluding carboxylic acids is 2. The van der Waals surface area contributed by atoms with Crippen molar-refractivity contribution >= 4 is 17.8 Å². The van der Waals surface area contributed by atoms with Crippen LogP contribution < -0.4 is 10.6 Å². The molecule has 28 heavy (non-hydrogen) atoms. The van der Waals surface area contributed by atoms with Crippen molar-refractivity contribution in [1.29, 1.82) is 0 Å². The molecule has 2 N–H and O–H groups in total. The first-order valence-corrected chi connectivity index (χ1v) is 9.95. The Balaban J connectivity index is 1.80. The fourth-order valence-electron chi connectivity index (χ4n) is 3.20. The van der Waals surface area contributed by atoms with Crippen LogP contribution in [0.4, 0.5) is 0 Å². The standard InChI is InChI=1S/C21H32N4O3/c1-4-22-21(23-13-16(2)20(27)28-3)24-14-18-12-19(26)25(15-18)11-10-17-8-6-5-7-9-17/h5-9,16,18H,4,10-15H2,1-3H3,(H2,22,23,24). The van der Waals surface area contributed by atoms with Crippen molar-refractivity contribution in [1.82, 2.24) is 15.5 Å². The molecule has 2 atom stereocenters. The Morgan fingerprint density at radius 1 is 1.32 bits per heavy atom. The molecular formula is C21H32N4O3. The number of rotatable bonds is 9. The zero-order valence-corrected chi connectivity index (χ0v) is 17.1. The van der Waals surface area contributed by atoms with Crippen molar-refractivity contribution in [3.63, 3.8) is 0 Å². The minimum absolute atomic E-state index is 0.212. The lowest BCUT2D eigenvalue weighted by molar-refractivity contribution is -0.144. The monoisotopic (exact) mass is 388 g/mol. The summed E-state index contributed by atoms with van der Waals surface area (Å²) in [5, 5.41) is 6.47. The van der Waals surface area contributed by atoms with E-state index in [-0.39, 0.29) is 23.7 Å². The molecule has 1 aliphatic rings. The van der Waals surface area contributed by atoms with Gasteiger partial charge in [-0.1, -0.05) is 37.3 Å². The second-order valence-corrected chi connectivity index (χ2v) is 7.17. The first-order chi connectivity index (χ1) is 13.5. The molecule has 7 nitrogen and oxygen atoms in total. The molecule has 154 valence electrons. The second-order valence-electron chi connectivity index (χ2n) is 7.17. The van der Waals surface area contributed by atoms with Gasteiger partial charge in [-0.05, 0) is 18.9 Å². The van der Waals surface area contributed by atoms with E-state index in [1.807, 2.05) is 30.0 Å². The third-order valence-electron chi connectivity index (χ3n) is 4.84. The average Bonchev–Trinajstić information content (AvgIpc) is 3.07. The van der Waals surface area contributed by atoms with Gasteiger partial charge < -0.3 is 20.3 Å². The summed E-state index contributed by atoms with van der Waals surface area (Å²) in [4.78, 5) is 30.2. The van der Waals surface area contributed by atoms with Gasteiger partial charge >= 0.3 is 5.97 Å². The van der Waals surface area contributed by atoms with E-state index in [1.54, 1.807) is 6.92 Å². The summed E-state index contributed by atoms with van der Waals surface area (Å²) in [5.74, 6) is 0.569. The Morgan fingerprint density at radius 2 is 2.07 bits per heavy atom. The lowest BCUT2D eigenvalue weighted by atomic mass is 10.1. The highest BCUT2D eigenvalue weighted by Crippen LogP contribution is 2.17. The van der Waals surface area contributed by atoms with Gasteiger partial charge in [-0.2, -0.15) is 0 Å². The van der Waals surface area contributed by atoms with Crippen LogP contribution >= 0.6 is 0 Å². The molecule has 0 radical (unpaired) electrons. The molecule has 0 bridgehead atoms. The Kier molecular flexibility index (Phi) is 8.78. The minimum Gasteiger partial charge on any atom is -0.469 e. The van der Waals surface area contributed by atoms with Gasteiger partial charge in [0, 0.05) is 38.5 Å². The Bertz CT molecular complexity index is 663. The molecule has 0 aliphatic carbocycles. The summed E-state index contributed by atoms with van der Waals surface area (Å²) in [6.07, 6.45) is 1.43. The molecule has 1 fully saturated rings. The number of aliphatic imine (C=N–C) groups is 1. The van der Waals surface area contributed by atoms with Crippen LogP contribution in [0, 0.1) is 11.8 Å². The smallest absolute Gasteiger partial charge is 0.310 e. The van der Waals surface area contributed by atoms with Crippen LogP contribution in [-0.4, -0.2) is 62.6 Å². The van der Waals surface area contributed by atoms with E-state index >= 15 is 0 Å². The molecule has 0 aromatic heterocycles. The summed E-state index contributed by atoms with van der Waals surface area (Å²) in [5.41, 5.74) is 1.25. The first kappa shape index (κ1) is 21.7. The highest BCUT2D eigenvalue weighted by atomic mass is 16.5. The Labute approximate surface area is 167 Å². The number of esters is 1. The molecule has 1 saturated heterocycles. The average molecular weight is 389 g/mol. The summed E-state index contributed by atoms with van der Waals surface area (Å²) >= 11 is 0. The number of nitrogens with zero attached hydrogens (tertiary/aromatic N) is 2. The van der Waals surface area contributed by atoms with E-state index in [1.165, 1.54) is 12.7 Å². The third-order valence-corrected chi connectivity index (χ3v) is 4.84. The summed E-state index contributed by atoms with van der Waals surface area (Å²) in [6.45, 7) is 7.05. The van der Waals surface area contributed by atoms with Crippen molar-refractivity contribution in [2.45, 2.75) is 26.7 Å². The molecular weight excluding hydrogens is 356 g/mol. The Morgan fingerprint density at radius 3 is 2.75 bits per heavy atom. The number of nitrogens with one attached hydrogen (secondary N) is 2. The van der Waals surface area contributed by atoms with E-state index in [9.17, 15) is 9.59 Å². The fourth-order valence-corrected chi connectivity index (χ4v) is 3.20. The highest BCUT2D eigenvalue weighted by molar-refractivity contribution is 5.81. The maximum atomic E-state index is 12.3. The van der Waals surface area contributed by atoms with Gasteiger partial charge in [0.15, 0.2) is 5.96 Å². The van der Waals surface area contributed by atoms with Gasteiger partial charge in [0.05, 0.1) is 19.6 Å². The van der Waals surface area contributed by atoms with Crippen LogP contribution in [0.25, 0.3) is 0 Å². The number of methoxy groups -OCH3 is 1.